The molecule has 0 bridgehead atoms. The van der Waals surface area contributed by atoms with Crippen LogP contribution in [-0.2, 0) is 9.53 Å². The lowest BCUT2D eigenvalue weighted by molar-refractivity contribution is -0.144. The number of hydrogen-bond donors (Lipinski definition) is 1. The van der Waals surface area contributed by atoms with Crippen molar-refractivity contribution in [1.82, 2.24) is 4.90 Å². The van der Waals surface area contributed by atoms with Crippen molar-refractivity contribution < 1.29 is 14.6 Å². The summed E-state index contributed by atoms with van der Waals surface area (Å²) < 4.78 is 5.34. The van der Waals surface area contributed by atoms with E-state index in [1.165, 1.54) is 6.42 Å². The van der Waals surface area contributed by atoms with Gasteiger partial charge in [0, 0.05) is 19.8 Å². The van der Waals surface area contributed by atoms with Crippen molar-refractivity contribution in [3.63, 3.8) is 0 Å². The molecule has 2 fully saturated rings. The molecule has 98 valence electrons. The molecule has 0 spiro atoms. The van der Waals surface area contributed by atoms with Gasteiger partial charge < -0.3 is 14.7 Å². The van der Waals surface area contributed by atoms with Crippen LogP contribution in [0.15, 0.2) is 0 Å². The Morgan fingerprint density at radius 3 is 2.59 bits per heavy atom. The maximum absolute atomic E-state index is 11.1. The Morgan fingerprint density at radius 1 is 1.41 bits per heavy atom. The van der Waals surface area contributed by atoms with E-state index in [1.807, 2.05) is 7.05 Å². The molecule has 2 aliphatic rings. The SMILES string of the molecule is CN(CCC1CCOCC1)CC1(C(=O)O)CC1. The van der Waals surface area contributed by atoms with Gasteiger partial charge in [-0.2, -0.15) is 0 Å². The Balaban J connectivity index is 1.67. The number of hydrogen-bond acceptors (Lipinski definition) is 3. The Bertz CT molecular complexity index is 270. The topological polar surface area (TPSA) is 49.8 Å². The molecule has 0 aromatic heterocycles. The number of rotatable bonds is 6. The second-order valence-electron chi connectivity index (χ2n) is 5.67. The summed E-state index contributed by atoms with van der Waals surface area (Å²) in [7, 11) is 2.04. The fourth-order valence-corrected chi connectivity index (χ4v) is 2.62. The maximum atomic E-state index is 11.1. The number of nitrogens with zero attached hydrogens (tertiary/aromatic N) is 1. The first kappa shape index (κ1) is 12.8. The van der Waals surface area contributed by atoms with Crippen molar-refractivity contribution in [2.24, 2.45) is 11.3 Å². The number of ether oxygens (including phenoxy) is 1. The molecule has 0 amide bonds. The van der Waals surface area contributed by atoms with Crippen molar-refractivity contribution >= 4 is 5.97 Å². The molecule has 0 unspecified atom stereocenters. The molecule has 1 aliphatic heterocycles. The summed E-state index contributed by atoms with van der Waals surface area (Å²) in [6, 6.07) is 0. The van der Waals surface area contributed by atoms with Gasteiger partial charge in [-0.05, 0) is 51.6 Å². The van der Waals surface area contributed by atoms with Crippen LogP contribution < -0.4 is 0 Å². The van der Waals surface area contributed by atoms with Gasteiger partial charge >= 0.3 is 5.97 Å². The third-order valence-corrected chi connectivity index (χ3v) is 4.14. The van der Waals surface area contributed by atoms with Crippen molar-refractivity contribution in [3.05, 3.63) is 0 Å². The molecule has 1 N–H and O–H groups in total. The number of carbonyl (C=O) groups is 1. The molecular weight excluding hydrogens is 218 g/mol. The molecule has 1 saturated carbocycles. The summed E-state index contributed by atoms with van der Waals surface area (Å²) in [6.45, 7) is 3.52. The molecule has 17 heavy (non-hydrogen) atoms. The third-order valence-electron chi connectivity index (χ3n) is 4.14. The number of carboxylic acids is 1. The largest absolute Gasteiger partial charge is 0.481 e. The maximum Gasteiger partial charge on any atom is 0.310 e. The van der Waals surface area contributed by atoms with E-state index in [9.17, 15) is 4.79 Å². The smallest absolute Gasteiger partial charge is 0.310 e. The molecule has 0 atom stereocenters. The number of aliphatic carboxylic acids is 1. The average Bonchev–Trinajstić information content (AvgIpc) is 3.09. The van der Waals surface area contributed by atoms with Crippen molar-refractivity contribution in [1.29, 1.82) is 0 Å². The fraction of sp³-hybridized carbons (Fsp3) is 0.923. The van der Waals surface area contributed by atoms with Gasteiger partial charge in [0.25, 0.3) is 0 Å². The summed E-state index contributed by atoms with van der Waals surface area (Å²) >= 11 is 0. The van der Waals surface area contributed by atoms with E-state index in [0.29, 0.717) is 6.54 Å². The highest BCUT2D eigenvalue weighted by Gasteiger charge is 2.50. The predicted octanol–water partition coefficient (Wildman–Crippen LogP) is 1.60. The highest BCUT2D eigenvalue weighted by Crippen LogP contribution is 2.46. The molecule has 4 nitrogen and oxygen atoms in total. The Labute approximate surface area is 103 Å². The first-order valence-electron chi connectivity index (χ1n) is 6.62. The Kier molecular flexibility index (Phi) is 4.05. The van der Waals surface area contributed by atoms with Crippen LogP contribution >= 0.6 is 0 Å². The van der Waals surface area contributed by atoms with Gasteiger partial charge in [0.2, 0.25) is 0 Å². The van der Waals surface area contributed by atoms with E-state index < -0.39 is 11.4 Å². The van der Waals surface area contributed by atoms with Crippen molar-refractivity contribution in [2.45, 2.75) is 32.1 Å². The summed E-state index contributed by atoms with van der Waals surface area (Å²) in [5, 5.41) is 9.13. The van der Waals surface area contributed by atoms with Crippen LogP contribution in [0.4, 0.5) is 0 Å². The molecule has 1 aliphatic carbocycles. The predicted molar refractivity (Wildman–Crippen MR) is 65.0 cm³/mol. The van der Waals surface area contributed by atoms with Crippen LogP contribution in [0.5, 0.6) is 0 Å². The second kappa shape index (κ2) is 5.36. The quantitative estimate of drug-likeness (QED) is 0.767. The fourth-order valence-electron chi connectivity index (χ4n) is 2.62. The second-order valence-corrected chi connectivity index (χ2v) is 5.67. The van der Waals surface area contributed by atoms with Gasteiger partial charge in [-0.3, -0.25) is 4.79 Å². The minimum Gasteiger partial charge on any atom is -0.481 e. The summed E-state index contributed by atoms with van der Waals surface area (Å²) in [4.78, 5) is 13.3. The van der Waals surface area contributed by atoms with E-state index in [2.05, 4.69) is 4.90 Å². The van der Waals surface area contributed by atoms with E-state index in [4.69, 9.17) is 9.84 Å². The van der Waals surface area contributed by atoms with Crippen LogP contribution in [0, 0.1) is 11.3 Å². The first-order chi connectivity index (χ1) is 8.12. The van der Waals surface area contributed by atoms with Crippen LogP contribution in [0.1, 0.15) is 32.1 Å². The molecule has 0 aromatic carbocycles. The molecule has 4 heteroatoms. The van der Waals surface area contributed by atoms with E-state index >= 15 is 0 Å². The van der Waals surface area contributed by atoms with Gasteiger partial charge in [-0.15, -0.1) is 0 Å². The monoisotopic (exact) mass is 241 g/mol. The van der Waals surface area contributed by atoms with E-state index in [-0.39, 0.29) is 0 Å². The Morgan fingerprint density at radius 2 is 2.06 bits per heavy atom. The van der Waals surface area contributed by atoms with Gasteiger partial charge in [0.05, 0.1) is 5.41 Å². The van der Waals surface area contributed by atoms with Crippen LogP contribution in [0.25, 0.3) is 0 Å². The molecular formula is C13H23NO3. The van der Waals surface area contributed by atoms with Crippen LogP contribution in [0.2, 0.25) is 0 Å². The zero-order chi connectivity index (χ0) is 12.3. The van der Waals surface area contributed by atoms with Gasteiger partial charge in [-0.25, -0.2) is 0 Å². The van der Waals surface area contributed by atoms with E-state index in [1.54, 1.807) is 0 Å². The Hall–Kier alpha value is -0.610. The van der Waals surface area contributed by atoms with E-state index in [0.717, 1.165) is 51.4 Å². The summed E-state index contributed by atoms with van der Waals surface area (Å²) in [6.07, 6.45) is 5.21. The zero-order valence-electron chi connectivity index (χ0n) is 10.7. The standard InChI is InChI=1S/C13H23NO3/c1-14(10-13(5-6-13)12(15)16)7-2-11-3-8-17-9-4-11/h11H,2-10H2,1H3,(H,15,16). The highest BCUT2D eigenvalue weighted by atomic mass is 16.5. The number of carboxylic acid groups (broad SMARTS) is 1. The van der Waals surface area contributed by atoms with Gasteiger partial charge in [-0.1, -0.05) is 0 Å². The minimum atomic E-state index is -0.615. The lowest BCUT2D eigenvalue weighted by Gasteiger charge is -2.26. The van der Waals surface area contributed by atoms with Crippen LogP contribution in [-0.4, -0.2) is 49.3 Å². The lowest BCUT2D eigenvalue weighted by Crippen LogP contribution is -2.33. The summed E-state index contributed by atoms with van der Waals surface area (Å²) in [5.41, 5.74) is -0.412. The van der Waals surface area contributed by atoms with Crippen molar-refractivity contribution in [2.75, 3.05) is 33.4 Å². The molecule has 1 heterocycles. The summed E-state index contributed by atoms with van der Waals surface area (Å²) in [5.74, 6) is 0.154. The molecule has 1 saturated heterocycles. The average molecular weight is 241 g/mol. The van der Waals surface area contributed by atoms with Crippen molar-refractivity contribution in [3.8, 4) is 0 Å². The third kappa shape index (κ3) is 3.42. The van der Waals surface area contributed by atoms with Gasteiger partial charge in [0.1, 0.15) is 0 Å². The normalized spacial score (nSPS) is 23.9. The molecule has 2 rings (SSSR count). The highest BCUT2D eigenvalue weighted by molar-refractivity contribution is 5.78. The minimum absolute atomic E-state index is 0.412. The van der Waals surface area contributed by atoms with Gasteiger partial charge in [0.15, 0.2) is 0 Å². The molecule has 0 radical (unpaired) electrons. The van der Waals surface area contributed by atoms with Crippen LogP contribution in [0.3, 0.4) is 0 Å². The zero-order valence-corrected chi connectivity index (χ0v) is 10.7. The lowest BCUT2D eigenvalue weighted by atomic mass is 9.96. The first-order valence-corrected chi connectivity index (χ1v) is 6.62. The molecule has 0 aromatic rings.